The summed E-state index contributed by atoms with van der Waals surface area (Å²) in [7, 11) is 0. The minimum atomic E-state index is -0.116. The van der Waals surface area contributed by atoms with Gasteiger partial charge in [-0.05, 0) is 52.2 Å². The fourth-order valence-electron chi connectivity index (χ4n) is 4.54. The van der Waals surface area contributed by atoms with E-state index in [1.54, 1.807) is 22.2 Å². The molecule has 5 rings (SSSR count). The van der Waals surface area contributed by atoms with E-state index in [2.05, 4.69) is 48.3 Å². The molecule has 1 aromatic carbocycles. The first-order valence-corrected chi connectivity index (χ1v) is 11.2. The normalized spacial score (nSPS) is 17.8. The van der Waals surface area contributed by atoms with Crippen molar-refractivity contribution in [3.05, 3.63) is 58.5 Å². The molecule has 0 fully saturated rings. The highest BCUT2D eigenvalue weighted by atomic mass is 32.1. The molecule has 3 aromatic heterocycles. The summed E-state index contributed by atoms with van der Waals surface area (Å²) in [6.45, 7) is 11.1. The maximum Gasteiger partial charge on any atom is 0.192 e. The maximum atomic E-state index is 5.56. The SMILES string of the molecule is CC(=NOCc1nc2c3c4c(sc3ncn2n1)C(C)(C)NC(C)(C)C4)c1ccccc1. The third-order valence-corrected chi connectivity index (χ3v) is 7.06. The summed E-state index contributed by atoms with van der Waals surface area (Å²) in [5.74, 6) is 0.589. The zero-order valence-electron chi connectivity index (χ0n) is 18.4. The van der Waals surface area contributed by atoms with Crippen LogP contribution in [-0.2, 0) is 23.4 Å². The number of hydrogen-bond acceptors (Lipinski definition) is 7. The first-order valence-electron chi connectivity index (χ1n) is 10.4. The zero-order chi connectivity index (χ0) is 21.8. The number of fused-ring (bicyclic) bond motifs is 5. The van der Waals surface area contributed by atoms with Crippen LogP contribution in [0.1, 0.15) is 56.4 Å². The number of oxime groups is 1. The average Bonchev–Trinajstić information content (AvgIpc) is 3.28. The predicted octanol–water partition coefficient (Wildman–Crippen LogP) is 4.44. The smallest absolute Gasteiger partial charge is 0.192 e. The van der Waals surface area contributed by atoms with Crippen molar-refractivity contribution < 1.29 is 4.84 Å². The van der Waals surface area contributed by atoms with Gasteiger partial charge in [-0.2, -0.15) is 0 Å². The fourth-order valence-corrected chi connectivity index (χ4v) is 5.75. The Bertz CT molecular complexity index is 1300. The van der Waals surface area contributed by atoms with Crippen molar-refractivity contribution in [2.24, 2.45) is 5.16 Å². The van der Waals surface area contributed by atoms with E-state index in [0.29, 0.717) is 5.82 Å². The molecule has 0 atom stereocenters. The molecule has 8 heteroatoms. The Labute approximate surface area is 185 Å². The zero-order valence-corrected chi connectivity index (χ0v) is 19.2. The van der Waals surface area contributed by atoms with Gasteiger partial charge in [-0.1, -0.05) is 35.5 Å². The van der Waals surface area contributed by atoms with Crippen molar-refractivity contribution in [1.82, 2.24) is 24.9 Å². The molecule has 0 aliphatic carbocycles. The number of aromatic nitrogens is 4. The van der Waals surface area contributed by atoms with E-state index in [4.69, 9.17) is 9.82 Å². The highest BCUT2D eigenvalue weighted by Gasteiger charge is 2.39. The first kappa shape index (κ1) is 20.1. The Morgan fingerprint density at radius 3 is 2.77 bits per heavy atom. The summed E-state index contributed by atoms with van der Waals surface area (Å²) in [4.78, 5) is 17.3. The molecule has 0 bridgehead atoms. The highest BCUT2D eigenvalue weighted by molar-refractivity contribution is 7.19. The molecule has 31 heavy (non-hydrogen) atoms. The molecule has 0 spiro atoms. The second-order valence-corrected chi connectivity index (χ2v) is 10.3. The van der Waals surface area contributed by atoms with Crippen LogP contribution in [-0.4, -0.2) is 30.8 Å². The number of nitrogens with one attached hydrogen (secondary N) is 1. The topological polar surface area (TPSA) is 76.7 Å². The quantitative estimate of drug-likeness (QED) is 0.380. The fraction of sp³-hybridized carbons (Fsp3) is 0.391. The van der Waals surface area contributed by atoms with Crippen molar-refractivity contribution in [2.75, 3.05) is 0 Å². The lowest BCUT2D eigenvalue weighted by atomic mass is 9.82. The number of rotatable bonds is 4. The summed E-state index contributed by atoms with van der Waals surface area (Å²) >= 11 is 1.74. The standard InChI is InChI=1S/C23H26N6OS/c1-14(15-9-7-6-8-10-15)27-30-12-17-25-20-18-16-11-22(2,3)28-23(4,5)19(16)31-21(18)24-13-29(20)26-17/h6-10,13,28H,11-12H2,1-5H3. The van der Waals surface area contributed by atoms with Crippen LogP contribution in [0.4, 0.5) is 0 Å². The van der Waals surface area contributed by atoms with Gasteiger partial charge in [-0.25, -0.2) is 14.5 Å². The average molecular weight is 435 g/mol. The van der Waals surface area contributed by atoms with Crippen molar-refractivity contribution in [3.8, 4) is 0 Å². The second-order valence-electron chi connectivity index (χ2n) is 9.26. The summed E-state index contributed by atoms with van der Waals surface area (Å²) in [5.41, 5.74) is 3.88. The largest absolute Gasteiger partial charge is 0.387 e. The van der Waals surface area contributed by atoms with Gasteiger partial charge in [-0.15, -0.1) is 16.4 Å². The van der Waals surface area contributed by atoms with Crippen molar-refractivity contribution in [3.63, 3.8) is 0 Å². The lowest BCUT2D eigenvalue weighted by Crippen LogP contribution is -2.54. The lowest BCUT2D eigenvalue weighted by molar-refractivity contribution is 0.125. The van der Waals surface area contributed by atoms with Crippen LogP contribution in [0.15, 0.2) is 41.8 Å². The molecule has 0 saturated carbocycles. The van der Waals surface area contributed by atoms with Crippen LogP contribution in [0.5, 0.6) is 0 Å². The van der Waals surface area contributed by atoms with Gasteiger partial charge in [0.05, 0.1) is 11.1 Å². The van der Waals surface area contributed by atoms with Crippen LogP contribution in [0.25, 0.3) is 15.9 Å². The molecule has 160 valence electrons. The van der Waals surface area contributed by atoms with Crippen molar-refractivity contribution >= 4 is 32.9 Å². The summed E-state index contributed by atoms with van der Waals surface area (Å²) in [6.07, 6.45) is 2.66. The van der Waals surface area contributed by atoms with E-state index in [-0.39, 0.29) is 17.7 Å². The molecule has 1 N–H and O–H groups in total. The minimum absolute atomic E-state index is 0.00697. The van der Waals surface area contributed by atoms with Gasteiger partial charge >= 0.3 is 0 Å². The molecule has 1 aliphatic heterocycles. The molecule has 0 amide bonds. The Balaban J connectivity index is 1.49. The van der Waals surface area contributed by atoms with Gasteiger partial charge in [0.15, 0.2) is 18.1 Å². The molecule has 0 radical (unpaired) electrons. The molecule has 4 heterocycles. The lowest BCUT2D eigenvalue weighted by Gasteiger charge is -2.42. The van der Waals surface area contributed by atoms with Gasteiger partial charge in [-0.3, -0.25) is 0 Å². The summed E-state index contributed by atoms with van der Waals surface area (Å²) in [6, 6.07) is 9.96. The molecular formula is C23H26N6OS. The van der Waals surface area contributed by atoms with Crippen molar-refractivity contribution in [1.29, 1.82) is 0 Å². The van der Waals surface area contributed by atoms with E-state index >= 15 is 0 Å². The number of nitrogens with zero attached hydrogens (tertiary/aromatic N) is 5. The Morgan fingerprint density at radius 1 is 1.23 bits per heavy atom. The third-order valence-electron chi connectivity index (χ3n) is 5.60. The monoisotopic (exact) mass is 434 g/mol. The van der Waals surface area contributed by atoms with Crippen LogP contribution < -0.4 is 5.32 Å². The summed E-state index contributed by atoms with van der Waals surface area (Å²) in [5, 5.41) is 13.7. The molecule has 4 aromatic rings. The third kappa shape index (κ3) is 3.59. The molecular weight excluding hydrogens is 408 g/mol. The van der Waals surface area contributed by atoms with Gasteiger partial charge in [0.1, 0.15) is 11.2 Å². The van der Waals surface area contributed by atoms with E-state index in [1.165, 1.54) is 10.4 Å². The van der Waals surface area contributed by atoms with Gasteiger partial charge in [0.25, 0.3) is 0 Å². The maximum absolute atomic E-state index is 5.56. The highest BCUT2D eigenvalue weighted by Crippen LogP contribution is 2.44. The van der Waals surface area contributed by atoms with E-state index < -0.39 is 0 Å². The first-order chi connectivity index (χ1) is 14.7. The van der Waals surface area contributed by atoms with Gasteiger partial charge in [0, 0.05) is 16.0 Å². The molecule has 1 aliphatic rings. The Morgan fingerprint density at radius 2 is 2.00 bits per heavy atom. The van der Waals surface area contributed by atoms with E-state index in [0.717, 1.165) is 33.6 Å². The predicted molar refractivity (Wildman–Crippen MR) is 124 cm³/mol. The van der Waals surface area contributed by atoms with Crippen LogP contribution in [0.2, 0.25) is 0 Å². The van der Waals surface area contributed by atoms with Gasteiger partial charge < -0.3 is 10.2 Å². The summed E-state index contributed by atoms with van der Waals surface area (Å²) < 4.78 is 1.75. The number of hydrogen-bond donors (Lipinski definition) is 1. The number of thiophene rings is 1. The Kier molecular flexibility index (Phi) is 4.60. The molecule has 0 unspecified atom stereocenters. The van der Waals surface area contributed by atoms with Crippen LogP contribution >= 0.6 is 11.3 Å². The van der Waals surface area contributed by atoms with Crippen LogP contribution in [0.3, 0.4) is 0 Å². The second kappa shape index (κ2) is 7.10. The number of benzene rings is 1. The van der Waals surface area contributed by atoms with Crippen LogP contribution in [0, 0.1) is 0 Å². The minimum Gasteiger partial charge on any atom is -0.387 e. The van der Waals surface area contributed by atoms with E-state index in [9.17, 15) is 0 Å². The van der Waals surface area contributed by atoms with Crippen molar-refractivity contribution in [2.45, 2.75) is 58.7 Å². The van der Waals surface area contributed by atoms with Gasteiger partial charge in [0.2, 0.25) is 0 Å². The Hall–Kier alpha value is -2.84. The van der Waals surface area contributed by atoms with E-state index in [1.807, 2.05) is 37.3 Å². The molecule has 0 saturated heterocycles. The molecule has 7 nitrogen and oxygen atoms in total.